The van der Waals surface area contributed by atoms with Crippen LogP contribution in [-0.2, 0) is 23.9 Å². The van der Waals surface area contributed by atoms with Gasteiger partial charge in [-0.2, -0.15) is 18.4 Å². The van der Waals surface area contributed by atoms with E-state index in [4.69, 9.17) is 4.74 Å². The average molecular weight is 605 g/mol. The first kappa shape index (κ1) is 30.5. The van der Waals surface area contributed by atoms with E-state index < -0.39 is 35.3 Å². The van der Waals surface area contributed by atoms with Gasteiger partial charge in [0.25, 0.3) is 5.91 Å². The fourth-order valence-corrected chi connectivity index (χ4v) is 6.33. The SMILES string of the molecule is C=C(F)C(=O)N1CCN(c2c(C#N)c(OC[C@@H]3CCCN3C)nc3c2CCN(c2cccc(F)c2C(F)(F)F)C3)C[C@@H]1C. The van der Waals surface area contributed by atoms with Crippen LogP contribution in [0.4, 0.5) is 33.3 Å². The number of alkyl halides is 3. The largest absolute Gasteiger partial charge is 0.475 e. The maximum Gasteiger partial charge on any atom is 0.421 e. The van der Waals surface area contributed by atoms with Crippen LogP contribution >= 0.6 is 0 Å². The van der Waals surface area contributed by atoms with Gasteiger partial charge < -0.3 is 24.3 Å². The first-order chi connectivity index (χ1) is 20.4. The van der Waals surface area contributed by atoms with Gasteiger partial charge in [-0.15, -0.1) is 0 Å². The number of likely N-dealkylation sites (tertiary alicyclic amines) is 1. The molecule has 0 spiro atoms. The van der Waals surface area contributed by atoms with E-state index in [1.54, 1.807) is 6.92 Å². The molecule has 1 aromatic heterocycles. The van der Waals surface area contributed by atoms with E-state index in [1.807, 2.05) is 11.9 Å². The van der Waals surface area contributed by atoms with Crippen LogP contribution in [-0.4, -0.2) is 79.2 Å². The van der Waals surface area contributed by atoms with Gasteiger partial charge in [-0.25, -0.2) is 13.8 Å². The summed E-state index contributed by atoms with van der Waals surface area (Å²) < 4.78 is 75.9. The summed E-state index contributed by atoms with van der Waals surface area (Å²) in [6.45, 7) is 6.88. The molecule has 0 bridgehead atoms. The highest BCUT2D eigenvalue weighted by Gasteiger charge is 2.40. The smallest absolute Gasteiger partial charge is 0.421 e. The second-order valence-corrected chi connectivity index (χ2v) is 11.3. The summed E-state index contributed by atoms with van der Waals surface area (Å²) in [5.74, 6) is -3.12. The van der Waals surface area contributed by atoms with E-state index in [9.17, 15) is 32.0 Å². The lowest BCUT2D eigenvalue weighted by Gasteiger charge is -2.42. The summed E-state index contributed by atoms with van der Waals surface area (Å²) in [7, 11) is 1.99. The minimum absolute atomic E-state index is 0.0596. The third-order valence-corrected chi connectivity index (χ3v) is 8.54. The van der Waals surface area contributed by atoms with E-state index >= 15 is 0 Å². The molecule has 0 saturated carbocycles. The monoisotopic (exact) mass is 604 g/mol. The van der Waals surface area contributed by atoms with Crippen LogP contribution in [0, 0.1) is 17.1 Å². The topological polar surface area (TPSA) is 75.9 Å². The average Bonchev–Trinajstić information content (AvgIpc) is 3.37. The Hall–Kier alpha value is -3.92. The molecule has 2 saturated heterocycles. The summed E-state index contributed by atoms with van der Waals surface area (Å²) in [5, 5.41) is 10.3. The lowest BCUT2D eigenvalue weighted by Crippen LogP contribution is -2.54. The number of anilines is 2. The van der Waals surface area contributed by atoms with Crippen molar-refractivity contribution in [3.63, 3.8) is 0 Å². The van der Waals surface area contributed by atoms with Gasteiger partial charge in [-0.1, -0.05) is 12.6 Å². The molecule has 230 valence electrons. The zero-order valence-electron chi connectivity index (χ0n) is 24.1. The summed E-state index contributed by atoms with van der Waals surface area (Å²) in [6, 6.07) is 5.21. The molecule has 43 heavy (non-hydrogen) atoms. The van der Waals surface area contributed by atoms with Crippen LogP contribution in [0.5, 0.6) is 5.88 Å². The van der Waals surface area contributed by atoms with Crippen molar-refractivity contribution >= 4 is 17.3 Å². The first-order valence-electron chi connectivity index (χ1n) is 14.2. The van der Waals surface area contributed by atoms with Crippen LogP contribution in [0.3, 0.4) is 0 Å². The minimum atomic E-state index is -4.90. The second kappa shape index (κ2) is 12.0. The number of pyridine rings is 1. The molecule has 1 amide bonds. The molecule has 0 N–H and O–H groups in total. The Labute approximate surface area is 246 Å². The normalized spacial score (nSPS) is 21.0. The van der Waals surface area contributed by atoms with Crippen LogP contribution in [0.15, 0.2) is 30.6 Å². The standard InChI is InChI=1S/C30H33F5N6O2/c1-18-15-40(12-13-41(18)29(42)19(2)31)27-21-9-11-39(25-8-4-7-23(32)26(25)30(33,34)35)16-24(21)37-28(22(27)14-36)43-17-20-6-5-10-38(20)3/h4,7-8,18,20H,2,5-6,9-13,15-17H2,1,3H3/t18-,20-/m0/s1. The third kappa shape index (κ3) is 5.98. The highest BCUT2D eigenvalue weighted by molar-refractivity contribution is 5.91. The van der Waals surface area contributed by atoms with Gasteiger partial charge in [-0.05, 0) is 51.9 Å². The number of rotatable bonds is 6. The van der Waals surface area contributed by atoms with Crippen LogP contribution < -0.4 is 14.5 Å². The number of hydrogen-bond acceptors (Lipinski definition) is 7. The molecule has 1 aromatic carbocycles. The van der Waals surface area contributed by atoms with Crippen molar-refractivity contribution in [2.75, 3.05) is 56.2 Å². The maximum absolute atomic E-state index is 14.4. The number of amides is 1. The Morgan fingerprint density at radius 1 is 1.21 bits per heavy atom. The minimum Gasteiger partial charge on any atom is -0.475 e. The predicted molar refractivity (Wildman–Crippen MR) is 150 cm³/mol. The quantitative estimate of drug-likeness (QED) is 0.351. The van der Waals surface area contributed by atoms with Crippen molar-refractivity contribution in [1.82, 2.24) is 14.8 Å². The number of ether oxygens (including phenoxy) is 1. The van der Waals surface area contributed by atoms with E-state index in [1.165, 1.54) is 21.9 Å². The Balaban J connectivity index is 1.54. The van der Waals surface area contributed by atoms with Crippen molar-refractivity contribution in [3.8, 4) is 11.9 Å². The van der Waals surface area contributed by atoms with E-state index in [0.717, 1.165) is 25.5 Å². The van der Waals surface area contributed by atoms with Crippen molar-refractivity contribution in [3.05, 3.63) is 58.8 Å². The number of carbonyl (C=O) groups is 1. The van der Waals surface area contributed by atoms with Gasteiger partial charge in [0, 0.05) is 43.8 Å². The fraction of sp³-hybridized carbons (Fsp3) is 0.500. The van der Waals surface area contributed by atoms with Crippen LogP contribution in [0.1, 0.15) is 42.1 Å². The van der Waals surface area contributed by atoms with E-state index in [0.29, 0.717) is 16.9 Å². The molecule has 0 radical (unpaired) electrons. The molecule has 3 aliphatic heterocycles. The zero-order chi connectivity index (χ0) is 31.1. The highest BCUT2D eigenvalue weighted by atomic mass is 19.4. The Kier molecular flexibility index (Phi) is 8.51. The maximum atomic E-state index is 14.4. The molecule has 0 aliphatic carbocycles. The second-order valence-electron chi connectivity index (χ2n) is 11.3. The van der Waals surface area contributed by atoms with E-state index in [-0.39, 0.29) is 68.9 Å². The third-order valence-electron chi connectivity index (χ3n) is 8.54. The summed E-state index contributed by atoms with van der Waals surface area (Å²) in [5.41, 5.74) is 0.248. The molecular formula is C30H33F5N6O2. The van der Waals surface area contributed by atoms with Gasteiger partial charge in [0.1, 0.15) is 29.6 Å². The molecule has 2 atom stereocenters. The van der Waals surface area contributed by atoms with Crippen molar-refractivity contribution in [2.24, 2.45) is 0 Å². The number of nitrogens with zero attached hydrogens (tertiary/aromatic N) is 6. The molecule has 8 nitrogen and oxygen atoms in total. The van der Waals surface area contributed by atoms with Crippen LogP contribution in [0.2, 0.25) is 0 Å². The summed E-state index contributed by atoms with van der Waals surface area (Å²) in [4.78, 5) is 23.9. The molecular weight excluding hydrogens is 571 g/mol. The molecule has 2 fully saturated rings. The number of benzene rings is 1. The molecule has 2 aromatic rings. The van der Waals surface area contributed by atoms with Gasteiger partial charge in [0.15, 0.2) is 5.83 Å². The number of halogens is 5. The Morgan fingerprint density at radius 2 is 1.98 bits per heavy atom. The van der Waals surface area contributed by atoms with Crippen molar-refractivity contribution in [1.29, 1.82) is 5.26 Å². The van der Waals surface area contributed by atoms with Gasteiger partial charge in [0.2, 0.25) is 5.88 Å². The molecule has 0 unspecified atom stereocenters. The molecule has 13 heteroatoms. The van der Waals surface area contributed by atoms with Crippen LogP contribution in [0.25, 0.3) is 0 Å². The number of likely N-dealkylation sites (N-methyl/N-ethyl adjacent to an activating group) is 1. The number of fused-ring (bicyclic) bond motifs is 1. The zero-order valence-corrected chi connectivity index (χ0v) is 24.1. The van der Waals surface area contributed by atoms with Gasteiger partial charge >= 0.3 is 6.18 Å². The van der Waals surface area contributed by atoms with Gasteiger partial charge in [-0.3, -0.25) is 4.79 Å². The van der Waals surface area contributed by atoms with Gasteiger partial charge in [0.05, 0.1) is 23.6 Å². The number of carbonyl (C=O) groups excluding carboxylic acids is 1. The predicted octanol–water partition coefficient (Wildman–Crippen LogP) is 4.67. The number of aromatic nitrogens is 1. The lowest BCUT2D eigenvalue weighted by molar-refractivity contribution is -0.139. The summed E-state index contributed by atoms with van der Waals surface area (Å²) in [6.07, 6.45) is -2.74. The molecule has 3 aliphatic rings. The first-order valence-corrected chi connectivity index (χ1v) is 14.2. The van der Waals surface area contributed by atoms with Crippen molar-refractivity contribution in [2.45, 2.75) is 51.0 Å². The summed E-state index contributed by atoms with van der Waals surface area (Å²) >= 11 is 0. The number of nitriles is 1. The van der Waals surface area contributed by atoms with E-state index in [2.05, 4.69) is 22.5 Å². The highest BCUT2D eigenvalue weighted by Crippen LogP contribution is 2.42. The number of piperazine rings is 1. The molecule has 4 heterocycles. The Bertz CT molecular complexity index is 1460. The fourth-order valence-electron chi connectivity index (χ4n) is 6.33. The molecule has 5 rings (SSSR count). The Morgan fingerprint density at radius 3 is 2.60 bits per heavy atom. The number of hydrogen-bond donors (Lipinski definition) is 0. The lowest BCUT2D eigenvalue weighted by atomic mass is 9.96. The van der Waals surface area contributed by atoms with Crippen molar-refractivity contribution < 1.29 is 31.5 Å².